The molecule has 1 atom stereocenters. The van der Waals surface area contributed by atoms with E-state index in [9.17, 15) is 14.7 Å². The number of amides is 1. The van der Waals surface area contributed by atoms with Crippen LogP contribution in [0, 0.1) is 0 Å². The number of hydrogen-bond donors (Lipinski definition) is 1. The molecule has 1 aliphatic heterocycles. The van der Waals surface area contributed by atoms with Gasteiger partial charge in [-0.2, -0.15) is 0 Å². The summed E-state index contributed by atoms with van der Waals surface area (Å²) < 4.78 is 0. The predicted molar refractivity (Wildman–Crippen MR) is 127 cm³/mol. The van der Waals surface area contributed by atoms with Gasteiger partial charge in [-0.15, -0.1) is 0 Å². The van der Waals surface area contributed by atoms with Crippen LogP contribution in [0.3, 0.4) is 0 Å². The first-order chi connectivity index (χ1) is 15.6. The Hall–Kier alpha value is -3.89. The van der Waals surface area contributed by atoms with Crippen LogP contribution in [0.1, 0.15) is 17.2 Å². The third-order valence-electron chi connectivity index (χ3n) is 5.71. The molecule has 0 spiro atoms. The lowest BCUT2D eigenvalue weighted by molar-refractivity contribution is -0.132. The predicted octanol–water partition coefficient (Wildman–Crippen LogP) is 6.12. The molecule has 1 aliphatic rings. The molecule has 4 aromatic carbocycles. The molecule has 0 bridgehead atoms. The maximum Gasteiger partial charge on any atom is 0.300 e. The van der Waals surface area contributed by atoms with Gasteiger partial charge in [0.2, 0.25) is 0 Å². The van der Waals surface area contributed by atoms with Crippen LogP contribution in [0.4, 0.5) is 5.69 Å². The Bertz CT molecular complexity index is 1370. The van der Waals surface area contributed by atoms with Crippen LogP contribution < -0.4 is 4.90 Å². The number of aliphatic hydroxyl groups excluding tert-OH is 1. The molecule has 5 heteroatoms. The number of rotatable bonds is 3. The summed E-state index contributed by atoms with van der Waals surface area (Å²) in [6.45, 7) is 0. The van der Waals surface area contributed by atoms with Crippen LogP contribution in [-0.4, -0.2) is 16.8 Å². The van der Waals surface area contributed by atoms with E-state index in [1.165, 1.54) is 4.90 Å². The van der Waals surface area contributed by atoms with E-state index in [2.05, 4.69) is 0 Å². The van der Waals surface area contributed by atoms with Crippen LogP contribution in [0.25, 0.3) is 16.5 Å². The van der Waals surface area contributed by atoms with Crippen molar-refractivity contribution in [1.29, 1.82) is 0 Å². The average molecular weight is 440 g/mol. The van der Waals surface area contributed by atoms with Gasteiger partial charge in [0.1, 0.15) is 5.76 Å². The Morgan fingerprint density at radius 3 is 2.19 bits per heavy atom. The van der Waals surface area contributed by atoms with E-state index in [4.69, 9.17) is 11.6 Å². The second-order valence-electron chi connectivity index (χ2n) is 7.58. The second-order valence-corrected chi connectivity index (χ2v) is 8.02. The van der Waals surface area contributed by atoms with Gasteiger partial charge in [-0.05, 0) is 40.6 Å². The Labute approximate surface area is 190 Å². The zero-order valence-corrected chi connectivity index (χ0v) is 17.7. The SMILES string of the molecule is O=C1C(=O)N(c2ccc(Cl)cc2)C(c2ccccc2)/C1=C(/O)c1cccc2ccccc12. The maximum atomic E-state index is 13.3. The van der Waals surface area contributed by atoms with Gasteiger partial charge in [0, 0.05) is 16.3 Å². The number of halogens is 1. The molecule has 156 valence electrons. The van der Waals surface area contributed by atoms with E-state index < -0.39 is 17.7 Å². The Morgan fingerprint density at radius 1 is 0.781 bits per heavy atom. The van der Waals surface area contributed by atoms with Crippen LogP contribution in [-0.2, 0) is 9.59 Å². The van der Waals surface area contributed by atoms with Crippen LogP contribution >= 0.6 is 11.6 Å². The fourth-order valence-corrected chi connectivity index (χ4v) is 4.35. The number of fused-ring (bicyclic) bond motifs is 1. The van der Waals surface area contributed by atoms with Crippen molar-refractivity contribution in [3.63, 3.8) is 0 Å². The molecule has 1 saturated heterocycles. The van der Waals surface area contributed by atoms with Crippen molar-refractivity contribution in [3.8, 4) is 0 Å². The summed E-state index contributed by atoms with van der Waals surface area (Å²) in [7, 11) is 0. The molecule has 0 radical (unpaired) electrons. The van der Waals surface area contributed by atoms with Gasteiger partial charge in [-0.25, -0.2) is 0 Å². The van der Waals surface area contributed by atoms with Gasteiger partial charge in [0.15, 0.2) is 0 Å². The third-order valence-corrected chi connectivity index (χ3v) is 5.96. The summed E-state index contributed by atoms with van der Waals surface area (Å²) in [5.41, 5.74) is 1.83. The second kappa shape index (κ2) is 7.98. The number of hydrogen-bond acceptors (Lipinski definition) is 3. The largest absolute Gasteiger partial charge is 0.507 e. The van der Waals surface area contributed by atoms with Crippen LogP contribution in [0.5, 0.6) is 0 Å². The van der Waals surface area contributed by atoms with Crippen molar-refractivity contribution in [2.45, 2.75) is 6.04 Å². The lowest BCUT2D eigenvalue weighted by Gasteiger charge is -2.25. The van der Waals surface area contributed by atoms with Gasteiger partial charge in [-0.3, -0.25) is 14.5 Å². The highest BCUT2D eigenvalue weighted by Gasteiger charge is 2.47. The molecule has 0 aliphatic carbocycles. The minimum atomic E-state index is -0.767. The van der Waals surface area contributed by atoms with Gasteiger partial charge < -0.3 is 5.11 Å². The number of nitrogens with zero attached hydrogens (tertiary/aromatic N) is 1. The smallest absolute Gasteiger partial charge is 0.300 e. The molecule has 1 unspecified atom stereocenters. The summed E-state index contributed by atoms with van der Waals surface area (Å²) in [6, 6.07) is 28.3. The number of benzene rings is 4. The van der Waals surface area contributed by atoms with Gasteiger partial charge >= 0.3 is 0 Å². The minimum Gasteiger partial charge on any atom is -0.507 e. The Balaban J connectivity index is 1.77. The lowest BCUT2D eigenvalue weighted by Crippen LogP contribution is -2.29. The summed E-state index contributed by atoms with van der Waals surface area (Å²) in [5, 5.41) is 13.7. The molecule has 4 aromatic rings. The van der Waals surface area contributed by atoms with Crippen molar-refractivity contribution in [1.82, 2.24) is 0 Å². The van der Waals surface area contributed by atoms with E-state index >= 15 is 0 Å². The minimum absolute atomic E-state index is 0.0625. The third kappa shape index (κ3) is 3.26. The van der Waals surface area contributed by atoms with Gasteiger partial charge in [-0.1, -0.05) is 84.4 Å². The molecule has 4 nitrogen and oxygen atoms in total. The molecular weight excluding hydrogens is 422 g/mol. The van der Waals surface area contributed by atoms with E-state index in [-0.39, 0.29) is 11.3 Å². The average Bonchev–Trinajstić information content (AvgIpc) is 3.10. The fraction of sp³-hybridized carbons (Fsp3) is 0.0370. The first-order valence-corrected chi connectivity index (χ1v) is 10.5. The quantitative estimate of drug-likeness (QED) is 0.238. The van der Waals surface area contributed by atoms with E-state index in [1.807, 2.05) is 66.7 Å². The van der Waals surface area contributed by atoms with Crippen molar-refractivity contribution < 1.29 is 14.7 Å². The first kappa shape index (κ1) is 20.0. The molecule has 32 heavy (non-hydrogen) atoms. The molecule has 1 fully saturated rings. The zero-order valence-electron chi connectivity index (χ0n) is 16.9. The molecule has 0 saturated carbocycles. The lowest BCUT2D eigenvalue weighted by atomic mass is 9.93. The Morgan fingerprint density at radius 2 is 1.44 bits per heavy atom. The first-order valence-electron chi connectivity index (χ1n) is 10.2. The zero-order chi connectivity index (χ0) is 22.2. The number of ketones is 1. The summed E-state index contributed by atoms with van der Waals surface area (Å²) in [6.07, 6.45) is 0. The summed E-state index contributed by atoms with van der Waals surface area (Å²) in [4.78, 5) is 27.9. The number of anilines is 1. The van der Waals surface area contributed by atoms with Crippen molar-refractivity contribution in [2.24, 2.45) is 0 Å². The van der Waals surface area contributed by atoms with Crippen molar-refractivity contribution in [3.05, 3.63) is 119 Å². The summed E-state index contributed by atoms with van der Waals surface area (Å²) >= 11 is 6.03. The number of Topliss-reactive ketones (excluding diaryl/α,β-unsaturated/α-hetero) is 1. The standard InChI is InChI=1S/C27H18ClNO3/c28-19-13-15-20(16-14-19)29-24(18-8-2-1-3-9-18)23(26(31)27(29)32)25(30)22-12-6-10-17-7-4-5-11-21(17)22/h1-16,24,30H/b25-23-. The monoisotopic (exact) mass is 439 g/mol. The number of carbonyl (C=O) groups excluding carboxylic acids is 2. The van der Waals surface area contributed by atoms with Crippen LogP contribution in [0.15, 0.2) is 103 Å². The molecular formula is C27H18ClNO3. The van der Waals surface area contributed by atoms with Crippen LogP contribution in [0.2, 0.25) is 5.02 Å². The van der Waals surface area contributed by atoms with Gasteiger partial charge in [0.05, 0.1) is 11.6 Å². The number of carbonyl (C=O) groups is 2. The highest BCUT2D eigenvalue weighted by atomic mass is 35.5. The summed E-state index contributed by atoms with van der Waals surface area (Å²) in [5.74, 6) is -1.60. The molecule has 5 rings (SSSR count). The van der Waals surface area contributed by atoms with Crippen molar-refractivity contribution >= 4 is 45.5 Å². The maximum absolute atomic E-state index is 13.3. The van der Waals surface area contributed by atoms with E-state index in [0.29, 0.717) is 16.3 Å². The number of aliphatic hydroxyl groups is 1. The molecule has 1 amide bonds. The molecule has 1 heterocycles. The van der Waals surface area contributed by atoms with Gasteiger partial charge in [0.25, 0.3) is 11.7 Å². The highest BCUT2D eigenvalue weighted by Crippen LogP contribution is 2.43. The topological polar surface area (TPSA) is 57.6 Å². The van der Waals surface area contributed by atoms with E-state index in [1.54, 1.807) is 30.3 Å². The fourth-order valence-electron chi connectivity index (χ4n) is 4.23. The van der Waals surface area contributed by atoms with E-state index in [0.717, 1.165) is 16.3 Å². The Kier molecular flexibility index (Phi) is 5.00. The molecule has 0 aromatic heterocycles. The highest BCUT2D eigenvalue weighted by molar-refractivity contribution is 6.51. The molecule has 1 N–H and O–H groups in total. The normalized spacial score (nSPS) is 17.8. The van der Waals surface area contributed by atoms with Crippen molar-refractivity contribution in [2.75, 3.05) is 4.90 Å².